The summed E-state index contributed by atoms with van der Waals surface area (Å²) >= 11 is 0. The van der Waals surface area contributed by atoms with Gasteiger partial charge in [-0.25, -0.2) is 8.78 Å². The molecule has 0 saturated carbocycles. The molecule has 1 atom stereocenters. The Bertz CT molecular complexity index is 599. The van der Waals surface area contributed by atoms with Crippen LogP contribution in [0.15, 0.2) is 17.3 Å². The van der Waals surface area contributed by atoms with Gasteiger partial charge in [0.05, 0.1) is 6.54 Å². The molecule has 2 aliphatic heterocycles. The van der Waals surface area contributed by atoms with Crippen LogP contribution in [0.4, 0.5) is 8.78 Å². The highest BCUT2D eigenvalue weighted by Crippen LogP contribution is 2.35. The molecule has 0 aromatic heterocycles. The minimum atomic E-state index is -2.50. The van der Waals surface area contributed by atoms with E-state index in [9.17, 15) is 8.78 Å². The number of hydrogen-bond acceptors (Lipinski definition) is 5. The molecule has 2 aliphatic rings. The standard InChI is InChI=1S/C13H12B2F2N2O3/c14-13(15,20)22-8-4-9(16)12(10(17)5-8)7-3-11-18-21-2-1-19(11)6-7/h4-5,7,20H,1-3,6H2/t7-/m0/s1. The van der Waals surface area contributed by atoms with Gasteiger partial charge in [-0.3, -0.25) is 0 Å². The fourth-order valence-corrected chi connectivity index (χ4v) is 2.76. The van der Waals surface area contributed by atoms with Crippen molar-refractivity contribution >= 4 is 21.5 Å². The first-order valence-electron chi connectivity index (χ1n) is 6.75. The van der Waals surface area contributed by atoms with E-state index in [1.165, 1.54) is 0 Å². The van der Waals surface area contributed by atoms with E-state index in [1.54, 1.807) is 0 Å². The molecule has 0 aliphatic carbocycles. The second-order valence-electron chi connectivity index (χ2n) is 5.34. The van der Waals surface area contributed by atoms with Crippen LogP contribution in [-0.4, -0.2) is 56.8 Å². The molecule has 3 rings (SSSR count). The lowest BCUT2D eigenvalue weighted by molar-refractivity contribution is 0.0123. The topological polar surface area (TPSA) is 54.3 Å². The Kier molecular flexibility index (Phi) is 3.76. The van der Waals surface area contributed by atoms with Gasteiger partial charge >= 0.3 is 0 Å². The predicted molar refractivity (Wildman–Crippen MR) is 75.8 cm³/mol. The molecule has 0 spiro atoms. The Morgan fingerprint density at radius 1 is 1.36 bits per heavy atom. The Morgan fingerprint density at radius 3 is 2.64 bits per heavy atom. The summed E-state index contributed by atoms with van der Waals surface area (Å²) in [7, 11) is 10.1. The van der Waals surface area contributed by atoms with Crippen molar-refractivity contribution in [2.24, 2.45) is 5.16 Å². The molecule has 1 N–H and O–H groups in total. The predicted octanol–water partition coefficient (Wildman–Crippen LogP) is 0.417. The SMILES string of the molecule is [B]C([B])(O)Oc1cc(F)c([C@H]2CC3=NOCCN3C2)c(F)c1. The first-order chi connectivity index (χ1) is 10.3. The zero-order valence-corrected chi connectivity index (χ0v) is 11.6. The number of amidine groups is 1. The summed E-state index contributed by atoms with van der Waals surface area (Å²) in [4.78, 5) is 6.93. The summed E-state index contributed by atoms with van der Waals surface area (Å²) in [6.07, 6.45) is 0.395. The molecule has 1 aromatic rings. The molecule has 0 bridgehead atoms. The van der Waals surface area contributed by atoms with E-state index in [1.807, 2.05) is 4.90 Å². The maximum atomic E-state index is 14.2. The van der Waals surface area contributed by atoms with Gasteiger partial charge in [0.15, 0.2) is 15.7 Å². The number of hydrogen-bond donors (Lipinski definition) is 1. The number of halogens is 2. The van der Waals surface area contributed by atoms with Crippen molar-refractivity contribution in [2.45, 2.75) is 17.9 Å². The molecule has 2 heterocycles. The monoisotopic (exact) mass is 304 g/mol. The molecule has 1 aromatic carbocycles. The average Bonchev–Trinajstić information content (AvgIpc) is 2.78. The van der Waals surface area contributed by atoms with E-state index >= 15 is 0 Å². The summed E-state index contributed by atoms with van der Waals surface area (Å²) in [6.45, 7) is 1.57. The van der Waals surface area contributed by atoms with Gasteiger partial charge < -0.3 is 19.6 Å². The zero-order valence-electron chi connectivity index (χ0n) is 11.6. The van der Waals surface area contributed by atoms with E-state index < -0.39 is 17.2 Å². The summed E-state index contributed by atoms with van der Waals surface area (Å²) in [5.41, 5.74) is -2.55. The van der Waals surface area contributed by atoms with Crippen LogP contribution >= 0.6 is 0 Å². The van der Waals surface area contributed by atoms with Crippen LogP contribution in [0.5, 0.6) is 5.75 Å². The van der Waals surface area contributed by atoms with E-state index in [0.29, 0.717) is 32.0 Å². The Labute approximate surface area is 128 Å². The van der Waals surface area contributed by atoms with E-state index in [4.69, 9.17) is 25.6 Å². The molecule has 1 saturated heterocycles. The Balaban J connectivity index is 1.86. The number of benzene rings is 1. The second-order valence-corrected chi connectivity index (χ2v) is 5.34. The van der Waals surface area contributed by atoms with Gasteiger partial charge in [0.1, 0.15) is 35.4 Å². The summed E-state index contributed by atoms with van der Waals surface area (Å²) in [5.74, 6) is -1.54. The lowest BCUT2D eigenvalue weighted by Crippen LogP contribution is -2.36. The summed E-state index contributed by atoms with van der Waals surface area (Å²) in [5, 5.41) is 13.0. The van der Waals surface area contributed by atoms with E-state index in [2.05, 4.69) is 9.89 Å². The third kappa shape index (κ3) is 3.04. The number of nitrogens with zero attached hydrogens (tertiary/aromatic N) is 2. The number of rotatable bonds is 3. The van der Waals surface area contributed by atoms with E-state index in [0.717, 1.165) is 12.1 Å². The van der Waals surface area contributed by atoms with Crippen LogP contribution in [-0.2, 0) is 4.84 Å². The first kappa shape index (κ1) is 15.1. The highest BCUT2D eigenvalue weighted by molar-refractivity contribution is 6.37. The van der Waals surface area contributed by atoms with Gasteiger partial charge in [-0.2, -0.15) is 0 Å². The largest absolute Gasteiger partial charge is 0.481 e. The normalized spacial score (nSPS) is 21.1. The maximum absolute atomic E-state index is 14.2. The highest BCUT2D eigenvalue weighted by Gasteiger charge is 2.34. The molecule has 0 amide bonds. The third-order valence-corrected chi connectivity index (χ3v) is 3.60. The quantitative estimate of drug-likeness (QED) is 0.649. The highest BCUT2D eigenvalue weighted by atomic mass is 19.1. The molecule has 1 fully saturated rings. The van der Waals surface area contributed by atoms with E-state index in [-0.39, 0.29) is 17.2 Å². The Hall–Kier alpha value is -1.76. The van der Waals surface area contributed by atoms with Crippen LogP contribution in [0, 0.1) is 11.6 Å². The van der Waals surface area contributed by atoms with Crippen LogP contribution < -0.4 is 4.74 Å². The second kappa shape index (κ2) is 5.46. The van der Waals surface area contributed by atoms with Crippen molar-refractivity contribution in [3.8, 4) is 5.75 Å². The molecule has 0 unspecified atom stereocenters. The average molecular weight is 304 g/mol. The van der Waals surface area contributed by atoms with Crippen LogP contribution in [0.3, 0.4) is 0 Å². The summed E-state index contributed by atoms with van der Waals surface area (Å²) in [6, 6.07) is 1.89. The first-order valence-corrected chi connectivity index (χ1v) is 6.75. The smallest absolute Gasteiger partial charge is 0.156 e. The molecule has 5 nitrogen and oxygen atoms in total. The third-order valence-electron chi connectivity index (χ3n) is 3.60. The van der Waals surface area contributed by atoms with Crippen LogP contribution in [0.1, 0.15) is 17.9 Å². The Morgan fingerprint density at radius 2 is 2.05 bits per heavy atom. The van der Waals surface area contributed by atoms with Gasteiger partial charge in [-0.05, 0) is 0 Å². The molecular formula is C13H12B2F2N2O3. The van der Waals surface area contributed by atoms with Crippen LogP contribution in [0.25, 0.3) is 0 Å². The van der Waals surface area contributed by atoms with Gasteiger partial charge in [-0.15, -0.1) is 0 Å². The lowest BCUT2D eigenvalue weighted by Gasteiger charge is -2.23. The number of aliphatic hydroxyl groups is 1. The summed E-state index contributed by atoms with van der Waals surface area (Å²) < 4.78 is 33.1. The maximum Gasteiger partial charge on any atom is 0.156 e. The number of ether oxygens (including phenoxy) is 1. The molecule has 4 radical (unpaired) electrons. The molecule has 9 heteroatoms. The van der Waals surface area contributed by atoms with Crippen molar-refractivity contribution in [1.82, 2.24) is 4.90 Å². The lowest BCUT2D eigenvalue weighted by atomic mass is 9.76. The van der Waals surface area contributed by atoms with Crippen molar-refractivity contribution in [2.75, 3.05) is 19.7 Å². The number of fused-ring (bicyclic) bond motifs is 1. The van der Waals surface area contributed by atoms with Crippen molar-refractivity contribution in [3.63, 3.8) is 0 Å². The minimum absolute atomic E-state index is 0.0537. The van der Waals surface area contributed by atoms with Gasteiger partial charge in [-0.1, -0.05) is 5.16 Å². The van der Waals surface area contributed by atoms with Gasteiger partial charge in [0.25, 0.3) is 0 Å². The zero-order chi connectivity index (χ0) is 15.9. The fourth-order valence-electron chi connectivity index (χ4n) is 2.76. The van der Waals surface area contributed by atoms with Gasteiger partial charge in [0.2, 0.25) is 0 Å². The van der Waals surface area contributed by atoms with Crippen molar-refractivity contribution < 1.29 is 23.5 Å². The van der Waals surface area contributed by atoms with Gasteiger partial charge in [0, 0.05) is 36.6 Å². The van der Waals surface area contributed by atoms with Crippen molar-refractivity contribution in [3.05, 3.63) is 29.3 Å². The minimum Gasteiger partial charge on any atom is -0.481 e. The van der Waals surface area contributed by atoms with Crippen LogP contribution in [0.2, 0.25) is 0 Å². The van der Waals surface area contributed by atoms with Crippen molar-refractivity contribution in [1.29, 1.82) is 0 Å². The molecule has 112 valence electrons. The fraction of sp³-hybridized carbons (Fsp3) is 0.462. The number of oxime groups is 1. The molecule has 22 heavy (non-hydrogen) atoms. The molecular weight excluding hydrogens is 292 g/mol.